The lowest BCUT2D eigenvalue weighted by atomic mass is 9.89. The first-order valence-corrected chi connectivity index (χ1v) is 11.5. The van der Waals surface area contributed by atoms with Gasteiger partial charge in [0.05, 0.1) is 6.04 Å². The van der Waals surface area contributed by atoms with Crippen molar-refractivity contribution in [2.75, 3.05) is 19.6 Å². The van der Waals surface area contributed by atoms with Crippen LogP contribution in [-0.4, -0.2) is 47.4 Å². The molecule has 1 saturated heterocycles. The molecule has 0 bridgehead atoms. The van der Waals surface area contributed by atoms with Crippen molar-refractivity contribution in [2.24, 2.45) is 28.9 Å². The molecule has 4 nitrogen and oxygen atoms in total. The predicted octanol–water partition coefficient (Wildman–Crippen LogP) is 4.15. The van der Waals surface area contributed by atoms with Gasteiger partial charge in [-0.2, -0.15) is 0 Å². The van der Waals surface area contributed by atoms with E-state index in [1.807, 2.05) is 0 Å². The van der Waals surface area contributed by atoms with Gasteiger partial charge in [-0.1, -0.05) is 65.0 Å². The van der Waals surface area contributed by atoms with E-state index in [0.29, 0.717) is 17.9 Å². The summed E-state index contributed by atoms with van der Waals surface area (Å²) in [6.07, 6.45) is 3.33. The van der Waals surface area contributed by atoms with Gasteiger partial charge in [0.1, 0.15) is 0 Å². The molecule has 0 spiro atoms. The molecule has 0 unspecified atom stereocenters. The summed E-state index contributed by atoms with van der Waals surface area (Å²) in [6.45, 7) is 15.5. The van der Waals surface area contributed by atoms with Crippen LogP contribution in [0.15, 0.2) is 30.3 Å². The van der Waals surface area contributed by atoms with Crippen molar-refractivity contribution in [3.05, 3.63) is 35.9 Å². The molecular weight excluding hydrogens is 358 g/mol. The third kappa shape index (κ3) is 5.82. The second kappa shape index (κ2) is 9.18. The van der Waals surface area contributed by atoms with Gasteiger partial charge in [0, 0.05) is 32.2 Å². The average Bonchev–Trinajstić information content (AvgIpc) is 3.17. The minimum Gasteiger partial charge on any atom is -0.368 e. The number of benzene rings is 1. The van der Waals surface area contributed by atoms with Crippen LogP contribution in [0.4, 0.5) is 0 Å². The monoisotopic (exact) mass is 399 g/mol. The van der Waals surface area contributed by atoms with Gasteiger partial charge in [-0.15, -0.1) is 0 Å². The highest BCUT2D eigenvalue weighted by Gasteiger charge is 2.47. The fourth-order valence-corrected chi connectivity index (χ4v) is 5.58. The van der Waals surface area contributed by atoms with Crippen LogP contribution in [0.2, 0.25) is 0 Å². The van der Waals surface area contributed by atoms with Gasteiger partial charge in [-0.25, -0.2) is 0 Å². The molecule has 0 radical (unpaired) electrons. The molecule has 3 rings (SSSR count). The number of nitrogens with two attached hydrogens (primary N) is 1. The molecule has 4 atom stereocenters. The maximum Gasteiger partial charge on any atom is 0.234 e. The van der Waals surface area contributed by atoms with E-state index < -0.39 is 0 Å². The molecular formula is C25H41N3O. The van der Waals surface area contributed by atoms with Crippen LogP contribution in [-0.2, 0) is 11.3 Å². The maximum absolute atomic E-state index is 12.5. The van der Waals surface area contributed by atoms with Crippen LogP contribution >= 0.6 is 0 Å². The van der Waals surface area contributed by atoms with Gasteiger partial charge in [0.15, 0.2) is 0 Å². The average molecular weight is 400 g/mol. The van der Waals surface area contributed by atoms with Crippen LogP contribution in [0.5, 0.6) is 0 Å². The summed E-state index contributed by atoms with van der Waals surface area (Å²) in [5.41, 5.74) is 7.49. The van der Waals surface area contributed by atoms with Crippen LogP contribution < -0.4 is 5.73 Å². The number of carbonyl (C=O) groups excluding carboxylic acids is 1. The van der Waals surface area contributed by atoms with Crippen molar-refractivity contribution in [3.8, 4) is 0 Å². The second-order valence-corrected chi connectivity index (χ2v) is 11.0. The number of hydrogen-bond acceptors (Lipinski definition) is 3. The van der Waals surface area contributed by atoms with Crippen molar-refractivity contribution in [2.45, 2.75) is 72.5 Å². The number of nitrogens with zero attached hydrogens (tertiary/aromatic N) is 2. The number of amides is 1. The third-order valence-electron chi connectivity index (χ3n) is 6.65. The predicted molar refractivity (Wildman–Crippen MR) is 120 cm³/mol. The van der Waals surface area contributed by atoms with E-state index in [1.165, 1.54) is 24.9 Å². The van der Waals surface area contributed by atoms with E-state index in [-0.39, 0.29) is 17.4 Å². The van der Waals surface area contributed by atoms with Crippen molar-refractivity contribution in [3.63, 3.8) is 0 Å². The molecule has 1 amide bonds. The summed E-state index contributed by atoms with van der Waals surface area (Å²) >= 11 is 0. The van der Waals surface area contributed by atoms with Crippen molar-refractivity contribution in [1.82, 2.24) is 9.80 Å². The quantitative estimate of drug-likeness (QED) is 0.714. The Morgan fingerprint density at radius 3 is 2.45 bits per heavy atom. The molecule has 1 aliphatic carbocycles. The lowest BCUT2D eigenvalue weighted by Gasteiger charge is -2.42. The Morgan fingerprint density at radius 2 is 1.86 bits per heavy atom. The molecule has 0 aromatic heterocycles. The summed E-state index contributed by atoms with van der Waals surface area (Å²) in [5.74, 6) is 1.71. The summed E-state index contributed by atoms with van der Waals surface area (Å²) in [5, 5.41) is 0. The molecule has 2 aliphatic rings. The van der Waals surface area contributed by atoms with E-state index in [0.717, 1.165) is 32.0 Å². The Kier molecular flexibility index (Phi) is 7.06. The fraction of sp³-hybridized carbons (Fsp3) is 0.720. The SMILES string of the molecule is CC(C)C[C@@H](C(N)=O)N(CC(C)(C)C)[C@@H]1CC[C@H]2CN(Cc3ccccc3)C[C@H]21. The zero-order valence-electron chi connectivity index (χ0n) is 19.1. The Morgan fingerprint density at radius 1 is 1.17 bits per heavy atom. The van der Waals surface area contributed by atoms with Gasteiger partial charge in [0.2, 0.25) is 5.91 Å². The summed E-state index contributed by atoms with van der Waals surface area (Å²) in [6, 6.07) is 11.1. The summed E-state index contributed by atoms with van der Waals surface area (Å²) in [4.78, 5) is 17.6. The molecule has 29 heavy (non-hydrogen) atoms. The highest BCUT2D eigenvalue weighted by Crippen LogP contribution is 2.43. The highest BCUT2D eigenvalue weighted by atomic mass is 16.1. The van der Waals surface area contributed by atoms with Crippen LogP contribution in [0.1, 0.15) is 59.4 Å². The van der Waals surface area contributed by atoms with Gasteiger partial charge < -0.3 is 5.73 Å². The smallest absolute Gasteiger partial charge is 0.234 e. The van der Waals surface area contributed by atoms with E-state index in [2.05, 4.69) is 74.8 Å². The Balaban J connectivity index is 1.76. The van der Waals surface area contributed by atoms with E-state index in [4.69, 9.17) is 5.73 Å². The molecule has 1 saturated carbocycles. The van der Waals surface area contributed by atoms with E-state index in [1.54, 1.807) is 0 Å². The molecule has 1 aromatic rings. The van der Waals surface area contributed by atoms with E-state index >= 15 is 0 Å². The molecule has 2 fully saturated rings. The van der Waals surface area contributed by atoms with Crippen molar-refractivity contribution in [1.29, 1.82) is 0 Å². The largest absolute Gasteiger partial charge is 0.368 e. The van der Waals surface area contributed by atoms with Crippen LogP contribution in [0.25, 0.3) is 0 Å². The Labute approximate surface area is 177 Å². The van der Waals surface area contributed by atoms with Crippen molar-refractivity contribution >= 4 is 5.91 Å². The van der Waals surface area contributed by atoms with E-state index in [9.17, 15) is 4.79 Å². The normalized spacial score (nSPS) is 26.2. The standard InChI is InChI=1S/C25H41N3O/c1-18(2)13-23(24(26)29)28(17-25(3,4)5)22-12-11-20-15-27(16-21(20)22)14-19-9-7-6-8-10-19/h6-10,18,20-23H,11-17H2,1-5H3,(H2,26,29)/t20-,21+,22+,23-/m0/s1. The first-order valence-electron chi connectivity index (χ1n) is 11.5. The minimum absolute atomic E-state index is 0.144. The number of carbonyl (C=O) groups is 1. The topological polar surface area (TPSA) is 49.6 Å². The van der Waals surface area contributed by atoms with Gasteiger partial charge in [-0.05, 0) is 48.0 Å². The zero-order valence-corrected chi connectivity index (χ0v) is 19.1. The third-order valence-corrected chi connectivity index (χ3v) is 6.65. The van der Waals surface area contributed by atoms with Crippen LogP contribution in [0.3, 0.4) is 0 Å². The van der Waals surface area contributed by atoms with Crippen LogP contribution in [0, 0.1) is 23.2 Å². The van der Waals surface area contributed by atoms with Gasteiger partial charge >= 0.3 is 0 Å². The maximum atomic E-state index is 12.5. The lowest BCUT2D eigenvalue weighted by molar-refractivity contribution is -0.126. The molecule has 162 valence electrons. The summed E-state index contributed by atoms with van der Waals surface area (Å²) < 4.78 is 0. The first-order chi connectivity index (χ1) is 13.6. The molecule has 1 heterocycles. The van der Waals surface area contributed by atoms with Crippen molar-refractivity contribution < 1.29 is 4.79 Å². The highest BCUT2D eigenvalue weighted by molar-refractivity contribution is 5.79. The number of primary amides is 1. The number of fused-ring (bicyclic) bond motifs is 1. The summed E-state index contributed by atoms with van der Waals surface area (Å²) in [7, 11) is 0. The molecule has 4 heteroatoms. The first kappa shape index (κ1) is 22.3. The Bertz CT molecular complexity index is 666. The number of hydrogen-bond donors (Lipinski definition) is 1. The second-order valence-electron chi connectivity index (χ2n) is 11.0. The zero-order chi connectivity index (χ0) is 21.2. The number of rotatable bonds is 8. The van der Waals surface area contributed by atoms with Gasteiger partial charge in [-0.3, -0.25) is 14.6 Å². The Hall–Kier alpha value is -1.39. The fourth-order valence-electron chi connectivity index (χ4n) is 5.58. The van der Waals surface area contributed by atoms with Gasteiger partial charge in [0.25, 0.3) is 0 Å². The molecule has 2 N–H and O–H groups in total. The molecule has 1 aliphatic heterocycles. The number of likely N-dealkylation sites (tertiary alicyclic amines) is 1. The lowest BCUT2D eigenvalue weighted by Crippen LogP contribution is -2.54. The minimum atomic E-state index is -0.152. The molecule has 1 aromatic carbocycles.